The van der Waals surface area contributed by atoms with Crippen LogP contribution in [0.1, 0.15) is 24.2 Å². The highest BCUT2D eigenvalue weighted by Crippen LogP contribution is 2.28. The standard InChI is InChI=1S/C13H15BrClN3/c1-3-16-12(9-4-6-10(15)7-5-9)13-11(14)8-17-18(13)2/h4-8,12,16H,3H2,1-2H3. The van der Waals surface area contributed by atoms with Crippen LogP contribution in [0, 0.1) is 0 Å². The van der Waals surface area contributed by atoms with E-state index >= 15 is 0 Å². The zero-order chi connectivity index (χ0) is 13.1. The molecule has 0 amide bonds. The Kier molecular flexibility index (Phi) is 4.43. The van der Waals surface area contributed by atoms with Gasteiger partial charge < -0.3 is 5.32 Å². The van der Waals surface area contributed by atoms with Crippen LogP contribution in [0.3, 0.4) is 0 Å². The molecule has 96 valence electrons. The molecule has 0 saturated carbocycles. The predicted octanol–water partition coefficient (Wildman–Crippen LogP) is 3.53. The van der Waals surface area contributed by atoms with E-state index in [1.165, 1.54) is 5.56 Å². The molecule has 1 atom stereocenters. The Bertz CT molecular complexity index is 502. The number of nitrogens with one attached hydrogen (secondary N) is 1. The maximum atomic E-state index is 5.93. The maximum absolute atomic E-state index is 5.93. The van der Waals surface area contributed by atoms with Crippen molar-refractivity contribution >= 4 is 27.5 Å². The molecule has 2 aromatic rings. The maximum Gasteiger partial charge on any atom is 0.0759 e. The van der Waals surface area contributed by atoms with Crippen LogP contribution in [-0.2, 0) is 7.05 Å². The fourth-order valence-electron chi connectivity index (χ4n) is 1.98. The minimum atomic E-state index is 0.106. The summed E-state index contributed by atoms with van der Waals surface area (Å²) in [5.74, 6) is 0. The second kappa shape index (κ2) is 5.87. The summed E-state index contributed by atoms with van der Waals surface area (Å²) < 4.78 is 2.89. The van der Waals surface area contributed by atoms with Crippen molar-refractivity contribution in [3.05, 3.63) is 51.2 Å². The van der Waals surface area contributed by atoms with Gasteiger partial charge in [-0.2, -0.15) is 5.10 Å². The first kappa shape index (κ1) is 13.6. The first-order valence-electron chi connectivity index (χ1n) is 5.79. The molecule has 0 bridgehead atoms. The molecule has 1 N–H and O–H groups in total. The number of aromatic nitrogens is 2. The summed E-state index contributed by atoms with van der Waals surface area (Å²) in [6.07, 6.45) is 1.82. The van der Waals surface area contributed by atoms with Gasteiger partial charge in [-0.25, -0.2) is 0 Å². The Morgan fingerprint density at radius 1 is 1.39 bits per heavy atom. The van der Waals surface area contributed by atoms with Crippen LogP contribution in [0.25, 0.3) is 0 Å². The summed E-state index contributed by atoms with van der Waals surface area (Å²) in [6.45, 7) is 2.97. The van der Waals surface area contributed by atoms with Crippen LogP contribution in [0.2, 0.25) is 5.02 Å². The van der Waals surface area contributed by atoms with Crippen molar-refractivity contribution in [2.24, 2.45) is 7.05 Å². The lowest BCUT2D eigenvalue weighted by molar-refractivity contribution is 0.571. The number of benzene rings is 1. The van der Waals surface area contributed by atoms with E-state index < -0.39 is 0 Å². The summed E-state index contributed by atoms with van der Waals surface area (Å²) in [7, 11) is 1.94. The molecular weight excluding hydrogens is 314 g/mol. The third-order valence-electron chi connectivity index (χ3n) is 2.82. The van der Waals surface area contributed by atoms with E-state index in [9.17, 15) is 0 Å². The molecule has 18 heavy (non-hydrogen) atoms. The third-order valence-corrected chi connectivity index (χ3v) is 3.69. The van der Waals surface area contributed by atoms with E-state index in [1.807, 2.05) is 42.2 Å². The topological polar surface area (TPSA) is 29.9 Å². The molecule has 0 aliphatic rings. The smallest absolute Gasteiger partial charge is 0.0759 e. The van der Waals surface area contributed by atoms with Crippen molar-refractivity contribution in [1.29, 1.82) is 0 Å². The zero-order valence-corrected chi connectivity index (χ0v) is 12.7. The number of halogens is 2. The van der Waals surface area contributed by atoms with Crippen molar-refractivity contribution in [3.63, 3.8) is 0 Å². The van der Waals surface area contributed by atoms with Gasteiger partial charge in [0.05, 0.1) is 22.4 Å². The predicted molar refractivity (Wildman–Crippen MR) is 77.9 cm³/mol. The minimum absolute atomic E-state index is 0.106. The van der Waals surface area contributed by atoms with E-state index in [-0.39, 0.29) is 6.04 Å². The fourth-order valence-corrected chi connectivity index (χ4v) is 2.68. The zero-order valence-electron chi connectivity index (χ0n) is 10.3. The van der Waals surface area contributed by atoms with Gasteiger partial charge >= 0.3 is 0 Å². The van der Waals surface area contributed by atoms with Gasteiger partial charge in [0.2, 0.25) is 0 Å². The second-order valence-corrected chi connectivity index (χ2v) is 5.33. The largest absolute Gasteiger partial charge is 0.305 e. The number of hydrogen-bond donors (Lipinski definition) is 1. The van der Waals surface area contributed by atoms with Crippen LogP contribution in [-0.4, -0.2) is 16.3 Å². The van der Waals surface area contributed by atoms with Gasteiger partial charge in [-0.15, -0.1) is 0 Å². The Morgan fingerprint density at radius 3 is 2.56 bits per heavy atom. The van der Waals surface area contributed by atoms with E-state index in [0.29, 0.717) is 0 Å². The normalized spacial score (nSPS) is 12.7. The van der Waals surface area contributed by atoms with Gasteiger partial charge in [0.15, 0.2) is 0 Å². The summed E-state index contributed by atoms with van der Waals surface area (Å²) >= 11 is 9.48. The summed E-state index contributed by atoms with van der Waals surface area (Å²) in [5, 5.41) is 8.48. The van der Waals surface area contributed by atoms with Crippen molar-refractivity contribution < 1.29 is 0 Å². The lowest BCUT2D eigenvalue weighted by Crippen LogP contribution is -2.24. The Labute approximate surface area is 120 Å². The number of aryl methyl sites for hydroxylation is 1. The molecule has 2 rings (SSSR count). The Morgan fingerprint density at radius 2 is 2.06 bits per heavy atom. The molecule has 0 fully saturated rings. The van der Waals surface area contributed by atoms with Crippen LogP contribution in [0.15, 0.2) is 34.9 Å². The van der Waals surface area contributed by atoms with Gasteiger partial charge in [0.1, 0.15) is 0 Å². The van der Waals surface area contributed by atoms with Gasteiger partial charge in [-0.05, 0) is 40.2 Å². The molecule has 1 aromatic carbocycles. The highest BCUT2D eigenvalue weighted by atomic mass is 79.9. The Balaban J connectivity index is 2.43. The average molecular weight is 329 g/mol. The van der Waals surface area contributed by atoms with Gasteiger partial charge in [0.25, 0.3) is 0 Å². The van der Waals surface area contributed by atoms with Crippen molar-refractivity contribution in [3.8, 4) is 0 Å². The highest BCUT2D eigenvalue weighted by Gasteiger charge is 2.19. The molecule has 1 unspecified atom stereocenters. The molecule has 0 radical (unpaired) electrons. The molecule has 1 heterocycles. The molecule has 0 aliphatic carbocycles. The summed E-state index contributed by atoms with van der Waals surface area (Å²) in [5.41, 5.74) is 2.28. The monoisotopic (exact) mass is 327 g/mol. The molecule has 3 nitrogen and oxygen atoms in total. The lowest BCUT2D eigenvalue weighted by Gasteiger charge is -2.19. The highest BCUT2D eigenvalue weighted by molar-refractivity contribution is 9.10. The van der Waals surface area contributed by atoms with Crippen LogP contribution in [0.4, 0.5) is 0 Å². The number of hydrogen-bond acceptors (Lipinski definition) is 2. The molecule has 1 aromatic heterocycles. The van der Waals surface area contributed by atoms with Crippen molar-refractivity contribution in [2.45, 2.75) is 13.0 Å². The van der Waals surface area contributed by atoms with E-state index in [2.05, 4.69) is 33.3 Å². The summed E-state index contributed by atoms with van der Waals surface area (Å²) in [4.78, 5) is 0. The van der Waals surface area contributed by atoms with E-state index in [1.54, 1.807) is 0 Å². The number of rotatable bonds is 4. The van der Waals surface area contributed by atoms with Crippen LogP contribution >= 0.6 is 27.5 Å². The van der Waals surface area contributed by atoms with Gasteiger partial charge in [-0.1, -0.05) is 30.7 Å². The van der Waals surface area contributed by atoms with Gasteiger partial charge in [0, 0.05) is 12.1 Å². The first-order valence-corrected chi connectivity index (χ1v) is 6.96. The second-order valence-electron chi connectivity index (χ2n) is 4.04. The van der Waals surface area contributed by atoms with Crippen LogP contribution in [0.5, 0.6) is 0 Å². The Hall–Kier alpha value is -0.840. The minimum Gasteiger partial charge on any atom is -0.305 e. The van der Waals surface area contributed by atoms with Crippen molar-refractivity contribution in [2.75, 3.05) is 6.54 Å². The molecular formula is C13H15BrClN3. The molecule has 5 heteroatoms. The quantitative estimate of drug-likeness (QED) is 0.930. The summed E-state index contributed by atoms with van der Waals surface area (Å²) in [6, 6.07) is 8.00. The molecule has 0 spiro atoms. The number of nitrogens with zero attached hydrogens (tertiary/aromatic N) is 2. The first-order chi connectivity index (χ1) is 8.63. The van der Waals surface area contributed by atoms with Crippen LogP contribution < -0.4 is 5.32 Å². The fraction of sp³-hybridized carbons (Fsp3) is 0.308. The van der Waals surface area contributed by atoms with Gasteiger partial charge in [-0.3, -0.25) is 4.68 Å². The van der Waals surface area contributed by atoms with Crippen molar-refractivity contribution in [1.82, 2.24) is 15.1 Å². The SMILES string of the molecule is CCNC(c1ccc(Cl)cc1)c1c(Br)cnn1C. The lowest BCUT2D eigenvalue weighted by atomic mass is 10.0. The van der Waals surface area contributed by atoms with E-state index in [0.717, 1.165) is 21.7 Å². The average Bonchev–Trinajstić information content (AvgIpc) is 2.68. The van der Waals surface area contributed by atoms with E-state index in [4.69, 9.17) is 11.6 Å². The molecule has 0 aliphatic heterocycles. The third kappa shape index (κ3) is 2.76. The molecule has 0 saturated heterocycles.